The molecule has 3 aromatic carbocycles. The minimum absolute atomic E-state index is 0. The maximum atomic E-state index is 13.1. The summed E-state index contributed by atoms with van der Waals surface area (Å²) in [6, 6.07) is 20.1. The number of H-pyrrole nitrogens is 1. The Morgan fingerprint density at radius 3 is 1.80 bits per heavy atom. The summed E-state index contributed by atoms with van der Waals surface area (Å²) in [5, 5.41) is 0.691. The Bertz CT molecular complexity index is 1580. The van der Waals surface area contributed by atoms with Gasteiger partial charge in [-0.05, 0) is 48.5 Å². The molecule has 213 valence electrons. The number of benzene rings is 3. The van der Waals surface area contributed by atoms with Crippen molar-refractivity contribution in [1.29, 1.82) is 0 Å². The van der Waals surface area contributed by atoms with Crippen molar-refractivity contribution >= 4 is 39.1 Å². The van der Waals surface area contributed by atoms with Gasteiger partial charge < -0.3 is 4.98 Å². The van der Waals surface area contributed by atoms with E-state index in [9.17, 15) is 26.3 Å². The largest absolute Gasteiger partial charge is 0.434 e. The van der Waals surface area contributed by atoms with Crippen LogP contribution in [0.2, 0.25) is 10.0 Å². The van der Waals surface area contributed by atoms with Gasteiger partial charge in [-0.2, -0.15) is 26.3 Å². The number of nitrogens with one attached hydrogen (secondary N) is 1. The number of imidazole rings is 2. The van der Waals surface area contributed by atoms with E-state index in [4.69, 9.17) is 23.2 Å². The third kappa shape index (κ3) is 7.50. The number of halogens is 9. The Morgan fingerprint density at radius 1 is 0.750 bits per heavy atom. The third-order valence-electron chi connectivity index (χ3n) is 5.23. The zero-order valence-electron chi connectivity index (χ0n) is 19.6. The second-order valence-electron chi connectivity index (χ2n) is 7.90. The first-order valence-electron chi connectivity index (χ1n) is 10.9. The van der Waals surface area contributed by atoms with Gasteiger partial charge in [0, 0.05) is 44.6 Å². The van der Waals surface area contributed by atoms with E-state index in [-0.39, 0.29) is 28.7 Å². The van der Waals surface area contributed by atoms with Gasteiger partial charge in [0.1, 0.15) is 17.3 Å². The van der Waals surface area contributed by atoms with Gasteiger partial charge in [0.2, 0.25) is 0 Å². The van der Waals surface area contributed by atoms with Crippen LogP contribution in [0.5, 0.6) is 0 Å². The average Bonchev–Trinajstić information content (AvgIpc) is 3.54. The van der Waals surface area contributed by atoms with Gasteiger partial charge >= 0.3 is 12.4 Å². The number of hydrogen-bond acceptors (Lipinski definition) is 2. The van der Waals surface area contributed by atoms with Gasteiger partial charge in [-0.3, -0.25) is 4.57 Å². The van der Waals surface area contributed by atoms with E-state index >= 15 is 0 Å². The first kappa shape index (κ1) is 31.8. The van der Waals surface area contributed by atoms with Crippen molar-refractivity contribution in [1.82, 2.24) is 19.5 Å². The van der Waals surface area contributed by atoms with Crippen molar-refractivity contribution in [2.75, 3.05) is 0 Å². The molecule has 0 aliphatic carbocycles. The predicted molar refractivity (Wildman–Crippen MR) is 141 cm³/mol. The van der Waals surface area contributed by atoms with E-state index in [1.165, 1.54) is 4.57 Å². The molecule has 2 heterocycles. The van der Waals surface area contributed by atoms with Crippen molar-refractivity contribution in [2.24, 2.45) is 0 Å². The summed E-state index contributed by atoms with van der Waals surface area (Å²) in [6.07, 6.45) is -7.23. The summed E-state index contributed by atoms with van der Waals surface area (Å²) >= 11 is 15.3. The molecule has 14 heteroatoms. The molecule has 5 rings (SSSR count). The quantitative estimate of drug-likeness (QED) is 0.150. The first-order valence-corrected chi connectivity index (χ1v) is 12.4. The molecule has 0 saturated heterocycles. The fourth-order valence-corrected chi connectivity index (χ4v) is 4.11. The third-order valence-corrected chi connectivity index (χ3v) is 6.41. The molecule has 0 atom stereocenters. The van der Waals surface area contributed by atoms with Gasteiger partial charge in [0.15, 0.2) is 5.69 Å². The molecule has 0 aliphatic rings. The molecular weight excluding hydrogens is 697 g/mol. The number of hydrogen-bond donors (Lipinski definition) is 1. The van der Waals surface area contributed by atoms with E-state index in [2.05, 4.69) is 30.9 Å². The smallest absolute Gasteiger partial charge is 0.334 e. The van der Waals surface area contributed by atoms with Gasteiger partial charge in [-0.1, -0.05) is 63.4 Å². The minimum Gasteiger partial charge on any atom is -0.334 e. The SMILES string of the molecule is FC(F)(F)c1cn(-c2ccc(Br)cc2)c(-c2ccccc2Cl)n1.FC(F)(F)c1cnc(-c2ccccc2Cl)[nH]1.[Cu]. The first-order chi connectivity index (χ1) is 18.3. The number of nitrogens with zero attached hydrogens (tertiary/aromatic N) is 3. The molecule has 0 unspecified atom stereocenters. The van der Waals surface area contributed by atoms with Crippen LogP contribution in [0.1, 0.15) is 11.4 Å². The van der Waals surface area contributed by atoms with Crippen LogP contribution in [-0.4, -0.2) is 19.5 Å². The topological polar surface area (TPSA) is 46.5 Å². The number of aromatic nitrogens is 4. The molecule has 40 heavy (non-hydrogen) atoms. The number of rotatable bonds is 3. The van der Waals surface area contributed by atoms with Crippen LogP contribution in [0, 0.1) is 0 Å². The van der Waals surface area contributed by atoms with Crippen molar-refractivity contribution in [3.63, 3.8) is 0 Å². The maximum Gasteiger partial charge on any atom is 0.434 e. The average molecular weight is 712 g/mol. The van der Waals surface area contributed by atoms with Gasteiger partial charge in [0.25, 0.3) is 0 Å². The molecule has 2 aromatic heterocycles. The zero-order valence-corrected chi connectivity index (χ0v) is 23.7. The molecule has 4 nitrogen and oxygen atoms in total. The standard InChI is InChI=1S/C16H9BrClF3N2.C10H6ClF3N2.Cu/c17-10-5-7-11(8-6-10)23-9-14(16(19,20)21)22-15(23)12-3-1-2-4-13(12)18;11-7-4-2-1-3-6(7)9-15-5-8(16-9)10(12,13)14;/h1-9H;1-5H,(H,15,16);. The monoisotopic (exact) mass is 709 g/mol. The molecule has 0 amide bonds. The van der Waals surface area contributed by atoms with E-state index in [1.54, 1.807) is 72.8 Å². The fraction of sp³-hybridized carbons (Fsp3) is 0.0769. The van der Waals surface area contributed by atoms with E-state index in [1.807, 2.05) is 0 Å². The van der Waals surface area contributed by atoms with Gasteiger partial charge in [0.05, 0.1) is 16.2 Å². The molecule has 0 aliphatic heterocycles. The molecular formula is C26H15BrCl2CuF6N4. The zero-order chi connectivity index (χ0) is 28.4. The summed E-state index contributed by atoms with van der Waals surface area (Å²) in [4.78, 5) is 9.60. The summed E-state index contributed by atoms with van der Waals surface area (Å²) in [6.45, 7) is 0. The van der Waals surface area contributed by atoms with Crippen LogP contribution < -0.4 is 0 Å². The maximum absolute atomic E-state index is 13.1. The normalized spacial score (nSPS) is 11.4. The summed E-state index contributed by atoms with van der Waals surface area (Å²) in [5.74, 6) is 0.253. The summed E-state index contributed by atoms with van der Waals surface area (Å²) in [7, 11) is 0. The van der Waals surface area contributed by atoms with Crippen LogP contribution >= 0.6 is 39.1 Å². The molecule has 0 bridgehead atoms. The van der Waals surface area contributed by atoms with Crippen molar-refractivity contribution in [3.8, 4) is 28.5 Å². The van der Waals surface area contributed by atoms with Crippen molar-refractivity contribution in [3.05, 3.63) is 111 Å². The second kappa shape index (κ2) is 12.8. The van der Waals surface area contributed by atoms with E-state index < -0.39 is 23.7 Å². The Labute approximate surface area is 253 Å². The van der Waals surface area contributed by atoms with Crippen LogP contribution in [0.15, 0.2) is 89.7 Å². The van der Waals surface area contributed by atoms with Crippen LogP contribution in [0.4, 0.5) is 26.3 Å². The van der Waals surface area contributed by atoms with Gasteiger partial charge in [-0.15, -0.1) is 0 Å². The van der Waals surface area contributed by atoms with Crippen molar-refractivity contribution < 1.29 is 43.4 Å². The molecule has 1 radical (unpaired) electrons. The van der Waals surface area contributed by atoms with E-state index in [0.29, 0.717) is 26.9 Å². The molecule has 0 fully saturated rings. The Kier molecular flexibility index (Phi) is 10.2. The van der Waals surface area contributed by atoms with Crippen LogP contribution in [-0.2, 0) is 29.4 Å². The Morgan fingerprint density at radius 2 is 1.30 bits per heavy atom. The molecule has 0 saturated carbocycles. The Hall–Kier alpha value is -2.76. The second-order valence-corrected chi connectivity index (χ2v) is 9.63. The van der Waals surface area contributed by atoms with Crippen LogP contribution in [0.25, 0.3) is 28.5 Å². The summed E-state index contributed by atoms with van der Waals surface area (Å²) in [5.41, 5.74) is -0.406. The summed E-state index contributed by atoms with van der Waals surface area (Å²) < 4.78 is 78.3. The Balaban J connectivity index is 0.000000229. The minimum atomic E-state index is -4.53. The van der Waals surface area contributed by atoms with Crippen molar-refractivity contribution in [2.45, 2.75) is 12.4 Å². The predicted octanol–water partition coefficient (Wildman–Crippen LogP) is 9.72. The molecule has 1 N–H and O–H groups in total. The van der Waals surface area contributed by atoms with E-state index in [0.717, 1.165) is 16.9 Å². The number of alkyl halides is 6. The number of aromatic amines is 1. The fourth-order valence-electron chi connectivity index (χ4n) is 3.40. The van der Waals surface area contributed by atoms with Gasteiger partial charge in [-0.25, -0.2) is 9.97 Å². The molecule has 5 aromatic rings. The van der Waals surface area contributed by atoms with Crippen LogP contribution in [0.3, 0.4) is 0 Å². The molecule has 0 spiro atoms.